The quantitative estimate of drug-likeness (QED) is 0.763. The second-order valence-electron chi connectivity index (χ2n) is 5.18. The van der Waals surface area contributed by atoms with Crippen LogP contribution in [-0.2, 0) is 7.05 Å². The van der Waals surface area contributed by atoms with Gasteiger partial charge in [0.15, 0.2) is 0 Å². The van der Waals surface area contributed by atoms with Gasteiger partial charge in [-0.2, -0.15) is 10.2 Å². The van der Waals surface area contributed by atoms with E-state index < -0.39 is 0 Å². The minimum absolute atomic E-state index is 0.0272. The number of anilines is 1. The van der Waals surface area contributed by atoms with Crippen LogP contribution >= 0.6 is 15.9 Å². The summed E-state index contributed by atoms with van der Waals surface area (Å²) in [5.41, 5.74) is 2.55. The summed E-state index contributed by atoms with van der Waals surface area (Å²) in [6.45, 7) is 2.03. The van der Waals surface area contributed by atoms with Crippen molar-refractivity contribution in [1.82, 2.24) is 19.6 Å². The molecule has 6 nitrogen and oxygen atoms in total. The molecule has 1 N–H and O–H groups in total. The van der Waals surface area contributed by atoms with Gasteiger partial charge in [0.05, 0.1) is 23.6 Å². The van der Waals surface area contributed by atoms with Crippen LogP contribution in [0.25, 0.3) is 5.69 Å². The molecule has 0 aliphatic rings. The Bertz CT molecular complexity index is 872. The van der Waals surface area contributed by atoms with Crippen molar-refractivity contribution in [3.05, 3.63) is 69.3 Å². The predicted molar refractivity (Wildman–Crippen MR) is 92.8 cm³/mol. The summed E-state index contributed by atoms with van der Waals surface area (Å²) < 4.78 is 3.58. The van der Waals surface area contributed by atoms with E-state index in [1.165, 1.54) is 4.68 Å². The van der Waals surface area contributed by atoms with Crippen LogP contribution < -0.4 is 10.9 Å². The molecule has 0 spiro atoms. The number of nitrogens with zero attached hydrogens (tertiary/aromatic N) is 4. The number of hydrogen-bond donors (Lipinski definition) is 1. The van der Waals surface area contributed by atoms with Crippen LogP contribution in [0.4, 0.5) is 5.69 Å². The van der Waals surface area contributed by atoms with Crippen LogP contribution in [-0.4, -0.2) is 19.6 Å². The van der Waals surface area contributed by atoms with Crippen LogP contribution in [0.1, 0.15) is 18.5 Å². The largest absolute Gasteiger partial charge is 0.376 e. The molecule has 23 heavy (non-hydrogen) atoms. The Morgan fingerprint density at radius 3 is 2.74 bits per heavy atom. The summed E-state index contributed by atoms with van der Waals surface area (Å²) in [6, 6.07) is 9.87. The van der Waals surface area contributed by atoms with Gasteiger partial charge in [0.1, 0.15) is 4.47 Å². The highest BCUT2D eigenvalue weighted by Gasteiger charge is 2.14. The molecule has 0 radical (unpaired) electrons. The van der Waals surface area contributed by atoms with Crippen molar-refractivity contribution in [3.8, 4) is 5.69 Å². The fraction of sp³-hybridized carbons (Fsp3) is 0.188. The molecule has 0 saturated carbocycles. The van der Waals surface area contributed by atoms with Crippen molar-refractivity contribution in [1.29, 1.82) is 0 Å². The van der Waals surface area contributed by atoms with Gasteiger partial charge in [-0.05, 0) is 40.5 Å². The second kappa shape index (κ2) is 6.37. The molecule has 2 heterocycles. The molecule has 0 fully saturated rings. The first-order chi connectivity index (χ1) is 11.1. The van der Waals surface area contributed by atoms with Gasteiger partial charge < -0.3 is 5.32 Å². The lowest BCUT2D eigenvalue weighted by Gasteiger charge is -2.19. The van der Waals surface area contributed by atoms with Crippen LogP contribution in [0.3, 0.4) is 0 Å². The highest BCUT2D eigenvalue weighted by atomic mass is 79.9. The molecule has 118 valence electrons. The van der Waals surface area contributed by atoms with Gasteiger partial charge in [0.2, 0.25) is 0 Å². The average molecular weight is 374 g/mol. The zero-order valence-electron chi connectivity index (χ0n) is 12.8. The van der Waals surface area contributed by atoms with Crippen molar-refractivity contribution < 1.29 is 0 Å². The van der Waals surface area contributed by atoms with Crippen LogP contribution in [0.15, 0.2) is 58.2 Å². The zero-order valence-corrected chi connectivity index (χ0v) is 14.4. The van der Waals surface area contributed by atoms with E-state index in [0.29, 0.717) is 10.2 Å². The van der Waals surface area contributed by atoms with Crippen LogP contribution in [0.2, 0.25) is 0 Å². The van der Waals surface area contributed by atoms with Crippen LogP contribution in [0.5, 0.6) is 0 Å². The predicted octanol–water partition coefficient (Wildman–Crippen LogP) is 2.90. The molecule has 0 amide bonds. The highest BCUT2D eigenvalue weighted by Crippen LogP contribution is 2.26. The van der Waals surface area contributed by atoms with E-state index in [4.69, 9.17) is 0 Å². The Kier molecular flexibility index (Phi) is 4.29. The lowest BCUT2D eigenvalue weighted by atomic mass is 10.1. The fourth-order valence-corrected chi connectivity index (χ4v) is 2.87. The molecule has 7 heteroatoms. The number of aromatic nitrogens is 4. The number of benzene rings is 1. The highest BCUT2D eigenvalue weighted by molar-refractivity contribution is 9.10. The Labute approximate surface area is 141 Å². The minimum Gasteiger partial charge on any atom is -0.376 e. The molecular formula is C16H16BrN5O. The van der Waals surface area contributed by atoms with Crippen molar-refractivity contribution in [2.75, 3.05) is 5.32 Å². The Morgan fingerprint density at radius 2 is 2.00 bits per heavy atom. The zero-order chi connectivity index (χ0) is 16.4. The third-order valence-corrected chi connectivity index (χ3v) is 4.37. The molecule has 1 atom stereocenters. The number of aryl methyl sites for hydroxylation is 1. The monoisotopic (exact) mass is 373 g/mol. The van der Waals surface area contributed by atoms with Gasteiger partial charge in [-0.15, -0.1) is 0 Å². The molecule has 0 saturated heterocycles. The van der Waals surface area contributed by atoms with Gasteiger partial charge in [-0.25, -0.2) is 9.36 Å². The van der Waals surface area contributed by atoms with Gasteiger partial charge >= 0.3 is 0 Å². The molecule has 0 aliphatic carbocycles. The first-order valence-corrected chi connectivity index (χ1v) is 7.94. The molecule has 1 unspecified atom stereocenters. The third kappa shape index (κ3) is 3.05. The van der Waals surface area contributed by atoms with Crippen molar-refractivity contribution in [3.63, 3.8) is 0 Å². The second-order valence-corrected chi connectivity index (χ2v) is 5.97. The van der Waals surface area contributed by atoms with E-state index in [9.17, 15) is 4.79 Å². The van der Waals surface area contributed by atoms with Gasteiger partial charge in [-0.1, -0.05) is 18.2 Å². The number of hydrogen-bond acceptors (Lipinski definition) is 4. The first kappa shape index (κ1) is 15.5. The van der Waals surface area contributed by atoms with Crippen molar-refractivity contribution in [2.45, 2.75) is 13.0 Å². The maximum atomic E-state index is 12.0. The van der Waals surface area contributed by atoms with Gasteiger partial charge in [-0.3, -0.25) is 4.79 Å². The summed E-state index contributed by atoms with van der Waals surface area (Å²) in [7, 11) is 1.62. The summed E-state index contributed by atoms with van der Waals surface area (Å²) in [5, 5.41) is 11.7. The topological polar surface area (TPSA) is 64.7 Å². The Morgan fingerprint density at radius 1 is 1.22 bits per heavy atom. The molecule has 3 rings (SSSR count). The third-order valence-electron chi connectivity index (χ3n) is 3.60. The molecule has 0 aliphatic heterocycles. The maximum Gasteiger partial charge on any atom is 0.282 e. The normalized spacial score (nSPS) is 12.1. The van der Waals surface area contributed by atoms with E-state index in [0.717, 1.165) is 11.3 Å². The number of nitrogens with one attached hydrogen (secondary N) is 1. The smallest absolute Gasteiger partial charge is 0.282 e. The number of halogens is 1. The molecule has 2 aromatic heterocycles. The van der Waals surface area contributed by atoms with E-state index in [-0.39, 0.29) is 11.6 Å². The van der Waals surface area contributed by atoms with Gasteiger partial charge in [0.25, 0.3) is 5.56 Å². The number of para-hydroxylation sites is 1. The first-order valence-electron chi connectivity index (χ1n) is 7.15. The average Bonchev–Trinajstić information content (AvgIpc) is 3.10. The minimum atomic E-state index is -0.178. The maximum absolute atomic E-state index is 12.0. The molecule has 0 bridgehead atoms. The molecule has 1 aromatic carbocycles. The standard InChI is InChI=1S/C16H16BrN5O/c1-11(20-13-10-19-21(2)16(23)15(13)17)12-6-3-4-7-14(12)22-9-5-8-18-22/h3-11,20H,1-2H3. The van der Waals surface area contributed by atoms with E-state index >= 15 is 0 Å². The van der Waals surface area contributed by atoms with E-state index in [1.807, 2.05) is 48.1 Å². The summed E-state index contributed by atoms with van der Waals surface area (Å²) in [5.74, 6) is 0. The van der Waals surface area contributed by atoms with E-state index in [1.54, 1.807) is 19.4 Å². The van der Waals surface area contributed by atoms with Crippen molar-refractivity contribution >= 4 is 21.6 Å². The van der Waals surface area contributed by atoms with Crippen LogP contribution in [0, 0.1) is 0 Å². The summed E-state index contributed by atoms with van der Waals surface area (Å²) in [4.78, 5) is 12.0. The number of rotatable bonds is 4. The fourth-order valence-electron chi connectivity index (χ4n) is 2.40. The lowest BCUT2D eigenvalue weighted by Crippen LogP contribution is -2.22. The molecular weight excluding hydrogens is 358 g/mol. The summed E-state index contributed by atoms with van der Waals surface area (Å²) >= 11 is 3.34. The summed E-state index contributed by atoms with van der Waals surface area (Å²) in [6.07, 6.45) is 5.29. The Hall–Kier alpha value is -2.41. The van der Waals surface area contributed by atoms with Crippen molar-refractivity contribution in [2.24, 2.45) is 7.05 Å². The SMILES string of the molecule is CC(Nc1cnn(C)c(=O)c1Br)c1ccccc1-n1cccn1. The Balaban J connectivity index is 1.95. The molecule has 3 aromatic rings. The van der Waals surface area contributed by atoms with Gasteiger partial charge in [0, 0.05) is 19.4 Å². The lowest BCUT2D eigenvalue weighted by molar-refractivity contribution is 0.701. The van der Waals surface area contributed by atoms with E-state index in [2.05, 4.69) is 31.4 Å².